The average Bonchev–Trinajstić information content (AvgIpc) is 2.97. The molecule has 8 heteroatoms. The summed E-state index contributed by atoms with van der Waals surface area (Å²) in [4.78, 5) is 2.26. The lowest BCUT2D eigenvalue weighted by atomic mass is 10.1. The molecule has 0 N–H and O–H groups in total. The van der Waals surface area contributed by atoms with Gasteiger partial charge >= 0.3 is 5.95 Å². The third-order valence-corrected chi connectivity index (χ3v) is 6.58. The lowest BCUT2D eigenvalue weighted by Crippen LogP contribution is -2.51. The molecule has 23 heavy (non-hydrogen) atoms. The van der Waals surface area contributed by atoms with Gasteiger partial charge in [-0.1, -0.05) is 0 Å². The Morgan fingerprint density at radius 2 is 1.74 bits per heavy atom. The van der Waals surface area contributed by atoms with Crippen LogP contribution in [0.15, 0.2) is 12.1 Å². The Bertz CT molecular complexity index is 897. The van der Waals surface area contributed by atoms with Gasteiger partial charge in [0.2, 0.25) is 5.10 Å². The minimum Gasteiger partial charge on any atom is -0.739 e. The predicted molar refractivity (Wildman–Crippen MR) is 88.9 cm³/mol. The first-order valence-electron chi connectivity index (χ1n) is 7.71. The minimum absolute atomic E-state index is 0.0837. The zero-order valence-corrected chi connectivity index (χ0v) is 13.5. The van der Waals surface area contributed by atoms with E-state index in [1.807, 2.05) is 6.07 Å². The molecule has 0 unspecified atom stereocenters. The summed E-state index contributed by atoms with van der Waals surface area (Å²) in [6, 6.07) is 3.60. The summed E-state index contributed by atoms with van der Waals surface area (Å²) < 4.78 is 12.7. The Morgan fingerprint density at radius 3 is 2.39 bits per heavy atom. The molecule has 1 aromatic carbocycles. The molecular weight excluding hydrogens is 316 g/mol. The fraction of sp³-hybridized carbons (Fsp3) is 0.467. The van der Waals surface area contributed by atoms with E-state index < -0.39 is 9.52 Å². The maximum atomic E-state index is 12.7. The van der Waals surface area contributed by atoms with Crippen LogP contribution in [0.2, 0.25) is 0 Å². The largest absolute Gasteiger partial charge is 0.739 e. The first-order chi connectivity index (χ1) is 10.9. The number of hydrogen-bond acceptors (Lipinski definition) is 5. The van der Waals surface area contributed by atoms with E-state index in [1.54, 1.807) is 11.0 Å². The molecule has 122 valence electrons. The van der Waals surface area contributed by atoms with Crippen molar-refractivity contribution in [1.29, 1.82) is 0 Å². The van der Waals surface area contributed by atoms with Crippen molar-refractivity contribution in [1.82, 2.24) is 5.10 Å². The zero-order valence-electron chi connectivity index (χ0n) is 12.7. The fourth-order valence-electron chi connectivity index (χ4n) is 3.36. The maximum absolute atomic E-state index is 12.7. The molecule has 0 saturated carbocycles. The highest BCUT2D eigenvalue weighted by atomic mass is 32.2. The highest BCUT2D eigenvalue weighted by Crippen LogP contribution is 2.25. The van der Waals surface area contributed by atoms with Crippen LogP contribution >= 0.6 is 0 Å². The van der Waals surface area contributed by atoms with E-state index in [0.29, 0.717) is 40.5 Å². The first-order valence-corrected chi connectivity index (χ1v) is 9.78. The van der Waals surface area contributed by atoms with Gasteiger partial charge in [0.1, 0.15) is 0 Å². The molecule has 7 nitrogen and oxygen atoms in total. The summed E-state index contributed by atoms with van der Waals surface area (Å²) in [6.45, 7) is 0.849. The van der Waals surface area contributed by atoms with Crippen molar-refractivity contribution in [2.24, 2.45) is 0 Å². The van der Waals surface area contributed by atoms with Crippen molar-refractivity contribution in [2.75, 3.05) is 29.5 Å². The van der Waals surface area contributed by atoms with Crippen LogP contribution in [-0.4, -0.2) is 39.8 Å². The van der Waals surface area contributed by atoms with Crippen LogP contribution in [0.1, 0.15) is 17.5 Å². The van der Waals surface area contributed by atoms with Gasteiger partial charge in [0.15, 0.2) is 5.52 Å². The molecular formula is C15H18N4O3S. The van der Waals surface area contributed by atoms with Crippen molar-refractivity contribution in [3.05, 3.63) is 33.7 Å². The summed E-state index contributed by atoms with van der Waals surface area (Å²) in [5, 5.41) is 28.9. The Morgan fingerprint density at radius 1 is 1.13 bits per heavy atom. The van der Waals surface area contributed by atoms with E-state index in [0.717, 1.165) is 35.1 Å². The highest BCUT2D eigenvalue weighted by Gasteiger charge is 2.31. The summed E-state index contributed by atoms with van der Waals surface area (Å²) in [7, 11) is -2.06. The molecule has 1 aliphatic heterocycles. The second-order valence-electron chi connectivity index (χ2n) is 6.29. The SMILES string of the molecule is C=S1(=O)CCN(c2n[n+]([O-])c3cc4c(cc3[n+]2[O-])CCC4)CC1. The molecule has 0 spiro atoms. The standard InChI is InChI=1S/C15H18N4O3S/c1-23(22)7-5-17(6-8-23)15-16-19(21)14-10-12-4-2-3-11(12)9-13(14)18(15)20/h9-10H,1-8H2. The number of fused-ring (bicyclic) bond motifs is 2. The van der Waals surface area contributed by atoms with Crippen LogP contribution in [0.25, 0.3) is 11.0 Å². The number of nitrogens with zero attached hydrogens (tertiary/aromatic N) is 4. The topological polar surface area (TPSA) is 87.1 Å². The van der Waals surface area contributed by atoms with E-state index in [4.69, 9.17) is 0 Å². The van der Waals surface area contributed by atoms with Gasteiger partial charge in [0.05, 0.1) is 13.1 Å². The van der Waals surface area contributed by atoms with E-state index in [1.165, 1.54) is 0 Å². The Labute approximate surface area is 134 Å². The second-order valence-corrected chi connectivity index (χ2v) is 9.04. The third-order valence-electron chi connectivity index (χ3n) is 4.73. The number of rotatable bonds is 1. The second kappa shape index (κ2) is 4.95. The molecule has 1 aromatic heterocycles. The van der Waals surface area contributed by atoms with Crippen LogP contribution in [-0.2, 0) is 22.4 Å². The summed E-state index contributed by atoms with van der Waals surface area (Å²) >= 11 is 0. The monoisotopic (exact) mass is 334 g/mol. The maximum Gasteiger partial charge on any atom is 0.463 e. The van der Waals surface area contributed by atoms with Gasteiger partial charge in [0, 0.05) is 22.4 Å². The van der Waals surface area contributed by atoms with E-state index >= 15 is 0 Å². The highest BCUT2D eigenvalue weighted by molar-refractivity contribution is 8.00. The van der Waals surface area contributed by atoms with Gasteiger partial charge in [-0.2, -0.15) is 0 Å². The molecule has 2 heterocycles. The van der Waals surface area contributed by atoms with Crippen LogP contribution in [0.5, 0.6) is 0 Å². The number of hydrogen-bond donors (Lipinski definition) is 0. The molecule has 0 bridgehead atoms. The number of aryl methyl sites for hydroxylation is 2. The average molecular weight is 334 g/mol. The Kier molecular flexibility index (Phi) is 3.12. The quantitative estimate of drug-likeness (QED) is 0.400. The molecule has 0 atom stereocenters. The number of benzene rings is 1. The Balaban J connectivity index is 1.82. The van der Waals surface area contributed by atoms with Crippen LogP contribution < -0.4 is 14.5 Å². The van der Waals surface area contributed by atoms with E-state index in [9.17, 15) is 14.6 Å². The number of anilines is 1. The van der Waals surface area contributed by atoms with Gasteiger partial charge in [0.25, 0.3) is 5.52 Å². The van der Waals surface area contributed by atoms with Crippen LogP contribution in [0.4, 0.5) is 5.95 Å². The van der Waals surface area contributed by atoms with Gasteiger partial charge in [-0.3, -0.25) is 9.11 Å². The summed E-state index contributed by atoms with van der Waals surface area (Å²) in [5.74, 6) is 4.62. The van der Waals surface area contributed by atoms with Gasteiger partial charge in [-0.05, 0) is 51.8 Å². The van der Waals surface area contributed by atoms with E-state index in [-0.39, 0.29) is 5.95 Å². The molecule has 1 fully saturated rings. The Hall–Kier alpha value is -2.09. The zero-order chi connectivity index (χ0) is 16.2. The van der Waals surface area contributed by atoms with E-state index in [2.05, 4.69) is 11.0 Å². The van der Waals surface area contributed by atoms with Crippen LogP contribution in [0.3, 0.4) is 0 Å². The van der Waals surface area contributed by atoms with Crippen molar-refractivity contribution in [2.45, 2.75) is 19.3 Å². The van der Waals surface area contributed by atoms with Crippen molar-refractivity contribution >= 4 is 32.4 Å². The molecule has 0 radical (unpaired) electrons. The summed E-state index contributed by atoms with van der Waals surface area (Å²) in [5.41, 5.74) is 2.93. The fourth-order valence-corrected chi connectivity index (χ4v) is 4.67. The predicted octanol–water partition coefficient (Wildman–Crippen LogP) is -0.473. The molecule has 2 aliphatic rings. The van der Waals surface area contributed by atoms with Gasteiger partial charge < -0.3 is 10.4 Å². The normalized spacial score (nSPS) is 19.9. The third kappa shape index (κ3) is 2.37. The molecule has 1 saturated heterocycles. The van der Waals surface area contributed by atoms with Gasteiger partial charge in [-0.25, -0.2) is 4.73 Å². The summed E-state index contributed by atoms with van der Waals surface area (Å²) in [6.07, 6.45) is 2.93. The lowest BCUT2D eigenvalue weighted by Gasteiger charge is -2.25. The smallest absolute Gasteiger partial charge is 0.463 e. The van der Waals surface area contributed by atoms with Crippen LogP contribution in [0, 0.1) is 10.4 Å². The lowest BCUT2D eigenvalue weighted by molar-refractivity contribution is -0.673. The first kappa shape index (κ1) is 14.5. The molecule has 0 amide bonds. The van der Waals surface area contributed by atoms with Crippen molar-refractivity contribution < 1.29 is 13.8 Å². The molecule has 4 rings (SSSR count). The van der Waals surface area contributed by atoms with Crippen molar-refractivity contribution in [3.8, 4) is 0 Å². The number of aromatic nitrogens is 3. The molecule has 1 aliphatic carbocycles. The minimum atomic E-state index is -2.06. The molecule has 2 aromatic rings. The van der Waals surface area contributed by atoms with Gasteiger partial charge in [-0.15, -0.1) is 0 Å². The van der Waals surface area contributed by atoms with Crippen molar-refractivity contribution in [3.63, 3.8) is 0 Å².